The number of rotatable bonds is 4. The predicted molar refractivity (Wildman–Crippen MR) is 81.3 cm³/mol. The zero-order valence-corrected chi connectivity index (χ0v) is 13.1. The van der Waals surface area contributed by atoms with Crippen molar-refractivity contribution >= 4 is 5.91 Å². The van der Waals surface area contributed by atoms with Crippen LogP contribution in [0.3, 0.4) is 0 Å². The highest BCUT2D eigenvalue weighted by molar-refractivity contribution is 5.94. The van der Waals surface area contributed by atoms with E-state index in [0.717, 1.165) is 24.4 Å². The van der Waals surface area contributed by atoms with Gasteiger partial charge < -0.3 is 10.6 Å². The summed E-state index contributed by atoms with van der Waals surface area (Å²) in [5.41, 5.74) is 1.72. The molecule has 1 amide bonds. The Morgan fingerprint density at radius 3 is 2.68 bits per heavy atom. The van der Waals surface area contributed by atoms with Crippen molar-refractivity contribution in [1.29, 1.82) is 0 Å². The fourth-order valence-corrected chi connectivity index (χ4v) is 2.82. The number of carbonyl (C=O) groups excluding carboxylic acids is 1. The highest BCUT2D eigenvalue weighted by Crippen LogP contribution is 2.30. The molecule has 2 heterocycles. The van der Waals surface area contributed by atoms with Gasteiger partial charge in [-0.3, -0.25) is 9.89 Å². The van der Waals surface area contributed by atoms with Crippen LogP contribution in [0.4, 0.5) is 17.6 Å². The molecule has 0 aliphatic carbocycles. The van der Waals surface area contributed by atoms with Gasteiger partial charge in [-0.25, -0.2) is 4.39 Å². The van der Waals surface area contributed by atoms with E-state index in [1.807, 2.05) is 0 Å². The number of fused-ring (bicyclic) bond motifs is 1. The highest BCUT2D eigenvalue weighted by atomic mass is 19.4. The fraction of sp³-hybridized carbons (Fsp3) is 0.375. The monoisotopic (exact) mass is 356 g/mol. The van der Waals surface area contributed by atoms with Gasteiger partial charge in [-0.05, 0) is 17.7 Å². The number of aromatic nitrogens is 2. The molecule has 9 heteroatoms. The Morgan fingerprint density at radius 2 is 2.00 bits per heavy atom. The number of halogens is 4. The Labute approximate surface area is 140 Å². The van der Waals surface area contributed by atoms with E-state index in [-0.39, 0.29) is 11.3 Å². The lowest BCUT2D eigenvalue weighted by atomic mass is 10.0. The van der Waals surface area contributed by atoms with Crippen LogP contribution in [0, 0.1) is 5.82 Å². The molecule has 0 fully saturated rings. The molecule has 1 atom stereocenters. The lowest BCUT2D eigenvalue weighted by molar-refractivity contribution is -0.139. The van der Waals surface area contributed by atoms with Crippen molar-refractivity contribution in [2.75, 3.05) is 6.54 Å². The third-order valence-electron chi connectivity index (χ3n) is 4.03. The number of hydrogen-bond acceptors (Lipinski definition) is 3. The molecule has 0 saturated heterocycles. The van der Waals surface area contributed by atoms with Crippen molar-refractivity contribution in [3.05, 3.63) is 52.6 Å². The number of alkyl halides is 3. The molecule has 134 valence electrons. The molecular formula is C16H16F4N4O. The first-order valence-electron chi connectivity index (χ1n) is 7.73. The summed E-state index contributed by atoms with van der Waals surface area (Å²) in [7, 11) is 0. The van der Waals surface area contributed by atoms with E-state index in [1.165, 1.54) is 12.1 Å². The van der Waals surface area contributed by atoms with Gasteiger partial charge in [0.2, 0.25) is 0 Å². The summed E-state index contributed by atoms with van der Waals surface area (Å²) in [5, 5.41) is 12.2. The lowest BCUT2D eigenvalue weighted by Gasteiger charge is -2.21. The smallest absolute Gasteiger partial charge is 0.343 e. The molecule has 1 aliphatic rings. The third-order valence-corrected chi connectivity index (χ3v) is 4.03. The molecule has 0 bridgehead atoms. The van der Waals surface area contributed by atoms with Gasteiger partial charge in [-0.1, -0.05) is 12.1 Å². The summed E-state index contributed by atoms with van der Waals surface area (Å²) in [4.78, 5) is 12.5. The highest BCUT2D eigenvalue weighted by Gasteiger charge is 2.34. The molecule has 0 spiro atoms. The van der Waals surface area contributed by atoms with Gasteiger partial charge in [-0.15, -0.1) is 0 Å². The first-order valence-corrected chi connectivity index (χ1v) is 7.73. The lowest BCUT2D eigenvalue weighted by Crippen LogP contribution is -2.33. The number of amides is 1. The summed E-state index contributed by atoms with van der Waals surface area (Å²) in [6.07, 6.45) is -5.08. The molecule has 1 aromatic carbocycles. The maximum Gasteiger partial charge on any atom is 0.391 e. The topological polar surface area (TPSA) is 69.8 Å². The summed E-state index contributed by atoms with van der Waals surface area (Å²) < 4.78 is 51.7. The van der Waals surface area contributed by atoms with Crippen LogP contribution in [-0.4, -0.2) is 28.8 Å². The van der Waals surface area contributed by atoms with Crippen LogP contribution in [0.5, 0.6) is 0 Å². The molecule has 3 N–H and O–H groups in total. The molecule has 2 aromatic rings. The van der Waals surface area contributed by atoms with E-state index in [2.05, 4.69) is 20.8 Å². The Morgan fingerprint density at radius 1 is 1.28 bits per heavy atom. The first kappa shape index (κ1) is 17.4. The van der Waals surface area contributed by atoms with Crippen LogP contribution < -0.4 is 10.6 Å². The number of hydrogen-bond donors (Lipinski definition) is 3. The average molecular weight is 356 g/mol. The summed E-state index contributed by atoms with van der Waals surface area (Å²) in [6, 6.07) is 3.26. The summed E-state index contributed by atoms with van der Waals surface area (Å²) in [6.45, 7) is 1.16. The Bertz CT molecular complexity index is 754. The molecule has 0 saturated carbocycles. The van der Waals surface area contributed by atoms with Crippen LogP contribution in [-0.2, 0) is 13.0 Å². The Balaban J connectivity index is 1.83. The van der Waals surface area contributed by atoms with Gasteiger partial charge in [0.25, 0.3) is 5.91 Å². The van der Waals surface area contributed by atoms with Crippen LogP contribution in [0.25, 0.3) is 0 Å². The van der Waals surface area contributed by atoms with Crippen LogP contribution >= 0.6 is 0 Å². The van der Waals surface area contributed by atoms with E-state index in [4.69, 9.17) is 0 Å². The summed E-state index contributed by atoms with van der Waals surface area (Å²) >= 11 is 0. The zero-order chi connectivity index (χ0) is 18.0. The van der Waals surface area contributed by atoms with E-state index in [1.54, 1.807) is 0 Å². The standard InChI is InChI=1S/C16H16F4N4O/c17-10-3-1-9(2-4-10)13(7-16(18,19)20)22-15(25)14-11-8-21-6-5-12(11)23-24-14/h1-4,13,21H,5-8H2,(H,22,25)(H,23,24). The SMILES string of the molecule is O=C(NC(CC(F)(F)F)c1ccc(F)cc1)c1n[nH]c2c1CNCC2. The normalized spacial score (nSPS) is 15.5. The van der Waals surface area contributed by atoms with Gasteiger partial charge in [0, 0.05) is 30.8 Å². The minimum absolute atomic E-state index is 0.0801. The zero-order valence-electron chi connectivity index (χ0n) is 13.1. The maximum absolute atomic E-state index is 13.0. The third kappa shape index (κ3) is 4.16. The quantitative estimate of drug-likeness (QED) is 0.738. The van der Waals surface area contributed by atoms with Crippen molar-refractivity contribution in [3.8, 4) is 0 Å². The van der Waals surface area contributed by atoms with Gasteiger partial charge in [-0.2, -0.15) is 18.3 Å². The number of nitrogens with zero attached hydrogens (tertiary/aromatic N) is 1. The maximum atomic E-state index is 13.0. The van der Waals surface area contributed by atoms with Crippen molar-refractivity contribution < 1.29 is 22.4 Å². The molecule has 25 heavy (non-hydrogen) atoms. The molecule has 5 nitrogen and oxygen atoms in total. The van der Waals surface area contributed by atoms with Crippen LogP contribution in [0.1, 0.15) is 39.8 Å². The molecule has 1 unspecified atom stereocenters. The largest absolute Gasteiger partial charge is 0.391 e. The second-order valence-electron chi connectivity index (χ2n) is 5.85. The van der Waals surface area contributed by atoms with Crippen molar-refractivity contribution in [2.24, 2.45) is 0 Å². The van der Waals surface area contributed by atoms with Crippen LogP contribution in [0.2, 0.25) is 0 Å². The predicted octanol–water partition coefficient (Wildman–Crippen LogP) is 2.62. The fourth-order valence-electron chi connectivity index (χ4n) is 2.82. The van der Waals surface area contributed by atoms with Crippen molar-refractivity contribution in [1.82, 2.24) is 20.8 Å². The van der Waals surface area contributed by atoms with E-state index in [0.29, 0.717) is 18.5 Å². The Hall–Kier alpha value is -2.42. The minimum atomic E-state index is -4.49. The number of nitrogens with one attached hydrogen (secondary N) is 3. The molecular weight excluding hydrogens is 340 g/mol. The number of H-pyrrole nitrogens is 1. The number of aromatic amines is 1. The second-order valence-corrected chi connectivity index (χ2v) is 5.85. The molecule has 1 aromatic heterocycles. The molecule has 1 aliphatic heterocycles. The second kappa shape index (κ2) is 6.83. The van der Waals surface area contributed by atoms with E-state index in [9.17, 15) is 22.4 Å². The van der Waals surface area contributed by atoms with Gasteiger partial charge in [0.05, 0.1) is 12.5 Å². The van der Waals surface area contributed by atoms with Crippen LogP contribution in [0.15, 0.2) is 24.3 Å². The van der Waals surface area contributed by atoms with Gasteiger partial charge in [0.15, 0.2) is 5.69 Å². The minimum Gasteiger partial charge on any atom is -0.343 e. The first-order chi connectivity index (χ1) is 11.8. The number of carbonyl (C=O) groups is 1. The molecule has 0 radical (unpaired) electrons. The van der Waals surface area contributed by atoms with Gasteiger partial charge >= 0.3 is 6.18 Å². The Kier molecular flexibility index (Phi) is 4.76. The summed E-state index contributed by atoms with van der Waals surface area (Å²) in [5.74, 6) is -1.26. The van der Waals surface area contributed by atoms with Crippen molar-refractivity contribution in [3.63, 3.8) is 0 Å². The van der Waals surface area contributed by atoms with Gasteiger partial charge in [0.1, 0.15) is 5.82 Å². The van der Waals surface area contributed by atoms with E-state index >= 15 is 0 Å². The van der Waals surface area contributed by atoms with E-state index < -0.39 is 30.4 Å². The average Bonchev–Trinajstić information content (AvgIpc) is 2.98. The van der Waals surface area contributed by atoms with Crippen molar-refractivity contribution in [2.45, 2.75) is 31.6 Å². The number of benzene rings is 1. The molecule has 3 rings (SSSR count).